The van der Waals surface area contributed by atoms with Gasteiger partial charge in [0.2, 0.25) is 5.91 Å². The van der Waals surface area contributed by atoms with Crippen LogP contribution in [-0.4, -0.2) is 91.9 Å². The third kappa shape index (κ3) is 9.49. The van der Waals surface area contributed by atoms with Gasteiger partial charge in [-0.1, -0.05) is 43.2 Å². The molecule has 8 rings (SSSR count). The summed E-state index contributed by atoms with van der Waals surface area (Å²) in [4.78, 5) is 48.3. The molecule has 1 atom stereocenters. The zero-order valence-corrected chi connectivity index (χ0v) is 36.1. The number of fused-ring (bicyclic) bond motifs is 2. The Kier molecular flexibility index (Phi) is 11.9. The molecular weight excluding hydrogens is 836 g/mol. The summed E-state index contributed by atoms with van der Waals surface area (Å²) in [6.07, 6.45) is 6.40. The summed E-state index contributed by atoms with van der Waals surface area (Å²) in [5, 5.41) is 19.2. The SMILES string of the molecule is CC(=O)NC[C@H]1COc2cc(S(=O)(=O)NC(=O)c3ccc(N4CCN(CC5=C(c6ccc(Cl)cc6)CC(C)(C)CC5)CC4)cc3Oc3cnc4[nH]ccc4c3)cc([N+](=O)[O-])c2N1. The number of aromatic amines is 1. The Hall–Kier alpha value is -6.17. The first-order valence-corrected chi connectivity index (χ1v) is 22.2. The number of nitro benzene ring substituents is 1. The third-order valence-electron chi connectivity index (χ3n) is 11.5. The number of carbonyl (C=O) groups excluding carboxylic acids is 2. The molecule has 0 bridgehead atoms. The number of nitrogens with one attached hydrogen (secondary N) is 4. The van der Waals surface area contributed by atoms with Gasteiger partial charge in [-0.25, -0.2) is 18.1 Å². The Morgan fingerprint density at radius 1 is 1.06 bits per heavy atom. The number of hydrogen-bond acceptors (Lipinski definition) is 12. The lowest BCUT2D eigenvalue weighted by Gasteiger charge is -2.39. The van der Waals surface area contributed by atoms with E-state index >= 15 is 0 Å². The number of H-pyrrole nitrogens is 1. The Morgan fingerprint density at radius 3 is 2.58 bits per heavy atom. The number of amides is 2. The van der Waals surface area contributed by atoms with Crippen LogP contribution in [0.15, 0.2) is 89.6 Å². The number of nitro groups is 1. The molecule has 1 aliphatic carbocycles. The highest BCUT2D eigenvalue weighted by atomic mass is 35.5. The van der Waals surface area contributed by atoms with Gasteiger partial charge in [0.1, 0.15) is 23.8 Å². The Balaban J connectivity index is 1.02. The van der Waals surface area contributed by atoms with E-state index in [2.05, 4.69) is 61.1 Å². The van der Waals surface area contributed by atoms with E-state index in [9.17, 15) is 28.1 Å². The van der Waals surface area contributed by atoms with Crippen molar-refractivity contribution in [2.75, 3.05) is 56.1 Å². The fourth-order valence-corrected chi connectivity index (χ4v) is 9.29. The minimum atomic E-state index is -4.69. The Morgan fingerprint density at radius 2 is 1.84 bits per heavy atom. The van der Waals surface area contributed by atoms with Crippen molar-refractivity contribution < 1.29 is 32.4 Å². The van der Waals surface area contributed by atoms with Crippen LogP contribution >= 0.6 is 11.6 Å². The maximum absolute atomic E-state index is 14.0. The summed E-state index contributed by atoms with van der Waals surface area (Å²) in [5.41, 5.74) is 5.00. The summed E-state index contributed by atoms with van der Waals surface area (Å²) >= 11 is 6.23. The van der Waals surface area contributed by atoms with Crippen LogP contribution in [0, 0.1) is 15.5 Å². The van der Waals surface area contributed by atoms with E-state index in [4.69, 9.17) is 21.1 Å². The van der Waals surface area contributed by atoms with Gasteiger partial charge in [-0.2, -0.15) is 0 Å². The fraction of sp³-hybridized carbons (Fsp3) is 0.341. The molecule has 4 N–H and O–H groups in total. The molecule has 3 aliphatic rings. The molecule has 0 saturated carbocycles. The summed E-state index contributed by atoms with van der Waals surface area (Å²) in [7, 11) is -4.69. The van der Waals surface area contributed by atoms with Crippen LogP contribution in [0.1, 0.15) is 56.0 Å². The number of hydrogen-bond donors (Lipinski definition) is 4. The molecule has 16 nitrogen and oxygen atoms in total. The van der Waals surface area contributed by atoms with E-state index in [1.165, 1.54) is 35.9 Å². The first-order chi connectivity index (χ1) is 29.6. The van der Waals surface area contributed by atoms with Crippen LogP contribution in [0.4, 0.5) is 17.1 Å². The molecule has 2 amide bonds. The molecule has 2 aliphatic heterocycles. The van der Waals surface area contributed by atoms with Crippen molar-refractivity contribution in [2.45, 2.75) is 51.0 Å². The van der Waals surface area contributed by atoms with Gasteiger partial charge >= 0.3 is 0 Å². The van der Waals surface area contributed by atoms with Gasteiger partial charge in [0, 0.05) is 86.7 Å². The maximum Gasteiger partial charge on any atom is 0.297 e. The number of pyridine rings is 1. The highest BCUT2D eigenvalue weighted by Crippen LogP contribution is 2.44. The van der Waals surface area contributed by atoms with Crippen molar-refractivity contribution in [3.05, 3.63) is 111 Å². The van der Waals surface area contributed by atoms with Crippen molar-refractivity contribution in [1.29, 1.82) is 0 Å². The van der Waals surface area contributed by atoms with Crippen LogP contribution in [0.2, 0.25) is 5.02 Å². The van der Waals surface area contributed by atoms with Gasteiger partial charge in [0.25, 0.3) is 21.6 Å². The summed E-state index contributed by atoms with van der Waals surface area (Å²) in [6.45, 7) is 9.98. The van der Waals surface area contributed by atoms with E-state index in [-0.39, 0.29) is 47.2 Å². The molecule has 1 saturated heterocycles. The smallest absolute Gasteiger partial charge is 0.297 e. The lowest BCUT2D eigenvalue weighted by atomic mass is 9.72. The van der Waals surface area contributed by atoms with Gasteiger partial charge < -0.3 is 30.0 Å². The Labute approximate surface area is 363 Å². The molecule has 324 valence electrons. The molecule has 0 radical (unpaired) electrons. The Bertz CT molecular complexity index is 2690. The predicted molar refractivity (Wildman–Crippen MR) is 237 cm³/mol. The number of sulfonamides is 1. The lowest BCUT2D eigenvalue weighted by molar-refractivity contribution is -0.384. The molecule has 18 heteroatoms. The number of halogens is 1. The number of carbonyl (C=O) groups is 2. The van der Waals surface area contributed by atoms with E-state index in [1.54, 1.807) is 24.4 Å². The van der Waals surface area contributed by atoms with Crippen molar-refractivity contribution in [3.63, 3.8) is 0 Å². The van der Waals surface area contributed by atoms with E-state index in [1.807, 2.05) is 18.2 Å². The van der Waals surface area contributed by atoms with Crippen LogP contribution in [0.3, 0.4) is 0 Å². The van der Waals surface area contributed by atoms with E-state index in [0.717, 1.165) is 67.1 Å². The molecule has 0 unspecified atom stereocenters. The van der Waals surface area contributed by atoms with E-state index in [0.29, 0.717) is 24.5 Å². The summed E-state index contributed by atoms with van der Waals surface area (Å²) < 4.78 is 41.7. The van der Waals surface area contributed by atoms with Crippen LogP contribution in [-0.2, 0) is 14.8 Å². The number of piperazine rings is 1. The number of anilines is 2. The van der Waals surface area contributed by atoms with Gasteiger partial charge in [0.05, 0.1) is 27.6 Å². The number of aromatic nitrogens is 2. The number of allylic oxidation sites excluding steroid dienone is 1. The van der Waals surface area contributed by atoms with Crippen molar-refractivity contribution in [2.24, 2.45) is 5.41 Å². The molecule has 4 heterocycles. The molecule has 1 fully saturated rings. The number of rotatable bonds is 12. The quantitative estimate of drug-likeness (QED) is 0.0731. The van der Waals surface area contributed by atoms with Crippen molar-refractivity contribution in [1.82, 2.24) is 24.9 Å². The summed E-state index contributed by atoms with van der Waals surface area (Å²) in [5.74, 6) is -0.980. The number of nitrogens with zero attached hydrogens (tertiary/aromatic N) is 4. The largest absolute Gasteiger partial charge is 0.489 e. The first kappa shape index (κ1) is 42.5. The standard InChI is InChI=1S/C44H47ClN8O8S/c1-27(54)47-23-32-26-60-40-21-35(20-38(53(56)57)41(40)49-32)62(58,59)50-43(55)36-9-8-33(19-39(36)61-34-18-29-11-13-46-42(29)48-24-34)52-16-14-51(15-17-52)25-30-10-12-44(2,3)22-37(30)28-4-6-31(45)7-5-28/h4-9,11,13,18-21,24,32,49H,10,12,14-17,22-23,25-26H2,1-3H3,(H,46,48)(H,47,54)(H,50,55)/t32-/m0/s1. The second-order valence-corrected chi connectivity index (χ2v) is 18.8. The number of ether oxygens (including phenoxy) is 2. The average molecular weight is 883 g/mol. The normalized spacial score (nSPS) is 17.7. The van der Waals surface area contributed by atoms with Crippen molar-refractivity contribution in [3.8, 4) is 17.2 Å². The highest BCUT2D eigenvalue weighted by Gasteiger charge is 2.33. The highest BCUT2D eigenvalue weighted by molar-refractivity contribution is 7.90. The van der Waals surface area contributed by atoms with Crippen LogP contribution < -0.4 is 29.7 Å². The molecule has 2 aromatic heterocycles. The number of benzene rings is 3. The zero-order chi connectivity index (χ0) is 43.8. The summed E-state index contributed by atoms with van der Waals surface area (Å²) in [6, 6.07) is 18.1. The molecule has 5 aromatic rings. The van der Waals surface area contributed by atoms with Crippen LogP contribution in [0.25, 0.3) is 16.6 Å². The zero-order valence-electron chi connectivity index (χ0n) is 34.5. The van der Waals surface area contributed by atoms with Gasteiger partial charge in [0.15, 0.2) is 11.4 Å². The third-order valence-corrected chi connectivity index (χ3v) is 13.1. The minimum absolute atomic E-state index is 0.00632. The maximum atomic E-state index is 14.0. The lowest BCUT2D eigenvalue weighted by Crippen LogP contribution is -2.47. The fourth-order valence-electron chi connectivity index (χ4n) is 8.16. The minimum Gasteiger partial charge on any atom is -0.489 e. The predicted octanol–water partition coefficient (Wildman–Crippen LogP) is 7.13. The molecular formula is C44H47ClN8O8S. The molecule has 62 heavy (non-hydrogen) atoms. The molecule has 0 spiro atoms. The van der Waals surface area contributed by atoms with Crippen molar-refractivity contribution >= 4 is 67.1 Å². The topological polar surface area (TPSA) is 201 Å². The average Bonchev–Trinajstić information content (AvgIpc) is 3.71. The second kappa shape index (κ2) is 17.3. The van der Waals surface area contributed by atoms with Gasteiger partial charge in [-0.05, 0) is 72.2 Å². The van der Waals surface area contributed by atoms with Gasteiger partial charge in [-0.15, -0.1) is 0 Å². The van der Waals surface area contributed by atoms with E-state index < -0.39 is 37.5 Å². The van der Waals surface area contributed by atoms with Crippen LogP contribution in [0.5, 0.6) is 17.2 Å². The second-order valence-electron chi connectivity index (χ2n) is 16.7. The molecule has 3 aromatic carbocycles. The first-order valence-electron chi connectivity index (χ1n) is 20.3. The van der Waals surface area contributed by atoms with Gasteiger partial charge in [-0.3, -0.25) is 24.6 Å². The monoisotopic (exact) mass is 882 g/mol.